The Bertz CT molecular complexity index is 283. The summed E-state index contributed by atoms with van der Waals surface area (Å²) in [5.41, 5.74) is 0. The summed E-state index contributed by atoms with van der Waals surface area (Å²) in [5.74, 6) is 0.611. The van der Waals surface area contributed by atoms with E-state index in [0.717, 1.165) is 0 Å². The van der Waals surface area contributed by atoms with E-state index in [9.17, 15) is 0 Å². The highest BCUT2D eigenvalue weighted by Crippen LogP contribution is 2.18. The van der Waals surface area contributed by atoms with Gasteiger partial charge in [-0.1, -0.05) is 5.16 Å². The molecule has 5 nitrogen and oxygen atoms in total. The molecule has 0 radical (unpaired) electrons. The maximum absolute atomic E-state index is 5.03. The lowest BCUT2D eigenvalue weighted by atomic mass is 10.6. The van der Waals surface area contributed by atoms with Crippen molar-refractivity contribution in [2.75, 3.05) is 0 Å². The van der Waals surface area contributed by atoms with Crippen molar-refractivity contribution in [3.8, 4) is 0 Å². The third kappa shape index (κ3) is 2.66. The molecule has 1 aliphatic rings. The fraction of sp³-hybridized carbons (Fsp3) is 0.571. The quantitative estimate of drug-likeness (QED) is 0.676. The van der Waals surface area contributed by atoms with E-state index in [1.165, 1.54) is 19.2 Å². The molecular weight excluding hydrogens is 188 g/mol. The highest BCUT2D eigenvalue weighted by molar-refractivity contribution is 7.80. The number of nitrogens with zero attached hydrogens (tertiary/aromatic N) is 2. The standard InChI is InChI=1S/C7H10N4OS/c13-7(10-5-1-2-5)8-3-6-9-4-12-11-6/h4-5H,1-3H2,(H2,8,10,13). The van der Waals surface area contributed by atoms with Crippen LogP contribution in [0.2, 0.25) is 0 Å². The van der Waals surface area contributed by atoms with Crippen LogP contribution < -0.4 is 10.6 Å². The Labute approximate surface area is 80.9 Å². The van der Waals surface area contributed by atoms with Crippen LogP contribution >= 0.6 is 12.2 Å². The lowest BCUT2D eigenvalue weighted by Crippen LogP contribution is -2.36. The molecule has 0 spiro atoms. The molecule has 1 aliphatic carbocycles. The molecular formula is C7H10N4OS. The number of thiocarbonyl (C=S) groups is 1. The van der Waals surface area contributed by atoms with Crippen molar-refractivity contribution in [3.63, 3.8) is 0 Å². The van der Waals surface area contributed by atoms with Crippen LogP contribution in [0, 0.1) is 0 Å². The van der Waals surface area contributed by atoms with Crippen LogP contribution in [0.15, 0.2) is 10.9 Å². The van der Waals surface area contributed by atoms with Crippen molar-refractivity contribution in [1.29, 1.82) is 0 Å². The monoisotopic (exact) mass is 198 g/mol. The van der Waals surface area contributed by atoms with Crippen LogP contribution in [0.3, 0.4) is 0 Å². The van der Waals surface area contributed by atoms with Crippen molar-refractivity contribution in [3.05, 3.63) is 12.2 Å². The Morgan fingerprint density at radius 3 is 3.15 bits per heavy atom. The minimum absolute atomic E-state index is 0.509. The summed E-state index contributed by atoms with van der Waals surface area (Å²) in [6.45, 7) is 0.509. The van der Waals surface area contributed by atoms with Crippen LogP contribution in [0.25, 0.3) is 0 Å². The van der Waals surface area contributed by atoms with Crippen LogP contribution in [0.4, 0.5) is 0 Å². The fourth-order valence-electron chi connectivity index (χ4n) is 0.894. The van der Waals surface area contributed by atoms with Gasteiger partial charge in [0.2, 0.25) is 6.39 Å². The van der Waals surface area contributed by atoms with Crippen LogP contribution in [0.5, 0.6) is 0 Å². The van der Waals surface area contributed by atoms with Gasteiger partial charge in [0.1, 0.15) is 0 Å². The first-order valence-corrected chi connectivity index (χ1v) is 4.55. The second kappa shape index (κ2) is 3.69. The van der Waals surface area contributed by atoms with Gasteiger partial charge in [-0.05, 0) is 25.1 Å². The maximum Gasteiger partial charge on any atom is 0.213 e. The third-order valence-corrected chi connectivity index (χ3v) is 1.99. The van der Waals surface area contributed by atoms with E-state index in [-0.39, 0.29) is 0 Å². The van der Waals surface area contributed by atoms with Crippen molar-refractivity contribution >= 4 is 17.3 Å². The second-order valence-electron chi connectivity index (χ2n) is 2.95. The first-order chi connectivity index (χ1) is 6.34. The van der Waals surface area contributed by atoms with E-state index < -0.39 is 0 Å². The number of hydrogen-bond donors (Lipinski definition) is 2. The van der Waals surface area contributed by atoms with Gasteiger partial charge in [0.05, 0.1) is 6.54 Å². The summed E-state index contributed by atoms with van der Waals surface area (Å²) < 4.78 is 4.58. The van der Waals surface area contributed by atoms with Crippen LogP contribution in [-0.4, -0.2) is 21.3 Å². The molecule has 1 aromatic heterocycles. The average molecular weight is 198 g/mol. The lowest BCUT2D eigenvalue weighted by Gasteiger charge is -2.06. The Hall–Kier alpha value is -1.17. The first kappa shape index (κ1) is 8.43. The van der Waals surface area contributed by atoms with Crippen LogP contribution in [-0.2, 0) is 6.54 Å². The van der Waals surface area contributed by atoms with E-state index in [1.54, 1.807) is 0 Å². The Balaban J connectivity index is 1.69. The molecule has 0 aliphatic heterocycles. The van der Waals surface area contributed by atoms with Crippen molar-refractivity contribution in [1.82, 2.24) is 20.8 Å². The normalized spacial score (nSPS) is 15.4. The van der Waals surface area contributed by atoms with E-state index in [0.29, 0.717) is 23.5 Å². The molecule has 6 heteroatoms. The van der Waals surface area contributed by atoms with E-state index in [1.807, 2.05) is 0 Å². The third-order valence-electron chi connectivity index (χ3n) is 1.73. The molecule has 1 aromatic rings. The largest absolute Gasteiger partial charge is 0.360 e. The van der Waals surface area contributed by atoms with Gasteiger partial charge in [-0.15, -0.1) is 0 Å². The molecule has 0 aromatic carbocycles. The molecule has 2 rings (SSSR count). The van der Waals surface area contributed by atoms with Crippen molar-refractivity contribution in [2.45, 2.75) is 25.4 Å². The molecule has 0 amide bonds. The van der Waals surface area contributed by atoms with Gasteiger partial charge in [0, 0.05) is 6.04 Å². The zero-order valence-corrected chi connectivity index (χ0v) is 7.80. The molecule has 0 saturated heterocycles. The summed E-state index contributed by atoms with van der Waals surface area (Å²) in [4.78, 5) is 3.86. The summed E-state index contributed by atoms with van der Waals surface area (Å²) >= 11 is 5.03. The molecule has 1 saturated carbocycles. The fourth-order valence-corrected chi connectivity index (χ4v) is 1.13. The highest BCUT2D eigenvalue weighted by atomic mass is 32.1. The van der Waals surface area contributed by atoms with Gasteiger partial charge in [0.15, 0.2) is 10.9 Å². The topological polar surface area (TPSA) is 63.0 Å². The molecule has 1 heterocycles. The predicted octanol–water partition coefficient (Wildman–Crippen LogP) is 0.196. The van der Waals surface area contributed by atoms with Crippen molar-refractivity contribution < 1.29 is 4.52 Å². The lowest BCUT2D eigenvalue weighted by molar-refractivity contribution is 0.409. The Kier molecular flexibility index (Phi) is 2.40. The van der Waals surface area contributed by atoms with E-state index in [2.05, 4.69) is 25.3 Å². The number of rotatable bonds is 3. The second-order valence-corrected chi connectivity index (χ2v) is 3.36. The average Bonchev–Trinajstić information content (AvgIpc) is 2.78. The zero-order valence-electron chi connectivity index (χ0n) is 6.99. The minimum Gasteiger partial charge on any atom is -0.360 e. The minimum atomic E-state index is 0.509. The van der Waals surface area contributed by atoms with Gasteiger partial charge < -0.3 is 15.2 Å². The Morgan fingerprint density at radius 2 is 2.54 bits per heavy atom. The maximum atomic E-state index is 5.03. The van der Waals surface area contributed by atoms with Crippen LogP contribution in [0.1, 0.15) is 18.7 Å². The van der Waals surface area contributed by atoms with Gasteiger partial charge in [-0.3, -0.25) is 0 Å². The molecule has 0 bridgehead atoms. The molecule has 13 heavy (non-hydrogen) atoms. The van der Waals surface area contributed by atoms with Gasteiger partial charge in [-0.25, -0.2) is 0 Å². The first-order valence-electron chi connectivity index (χ1n) is 4.14. The predicted molar refractivity (Wildman–Crippen MR) is 49.9 cm³/mol. The Morgan fingerprint density at radius 1 is 1.69 bits per heavy atom. The highest BCUT2D eigenvalue weighted by Gasteiger charge is 2.21. The summed E-state index contributed by atoms with van der Waals surface area (Å²) in [6.07, 6.45) is 3.72. The SMILES string of the molecule is S=C(NCc1ncon1)NC1CC1. The van der Waals surface area contributed by atoms with Gasteiger partial charge >= 0.3 is 0 Å². The summed E-state index contributed by atoms with van der Waals surface area (Å²) in [6, 6.07) is 0.574. The summed E-state index contributed by atoms with van der Waals surface area (Å²) in [5, 5.41) is 10.4. The summed E-state index contributed by atoms with van der Waals surface area (Å²) in [7, 11) is 0. The zero-order chi connectivity index (χ0) is 9.10. The smallest absolute Gasteiger partial charge is 0.213 e. The molecule has 70 valence electrons. The number of nitrogens with one attached hydrogen (secondary N) is 2. The van der Waals surface area contributed by atoms with Gasteiger partial charge in [0.25, 0.3) is 0 Å². The molecule has 1 fully saturated rings. The van der Waals surface area contributed by atoms with Crippen molar-refractivity contribution in [2.24, 2.45) is 0 Å². The molecule has 0 atom stereocenters. The number of aromatic nitrogens is 2. The van der Waals surface area contributed by atoms with E-state index >= 15 is 0 Å². The molecule has 2 N–H and O–H groups in total. The molecule has 0 unspecified atom stereocenters. The number of hydrogen-bond acceptors (Lipinski definition) is 4. The van der Waals surface area contributed by atoms with E-state index in [4.69, 9.17) is 12.2 Å². The van der Waals surface area contributed by atoms with Gasteiger partial charge in [-0.2, -0.15) is 4.98 Å².